The molecule has 1 aromatic carbocycles. The van der Waals surface area contributed by atoms with Crippen molar-refractivity contribution in [2.75, 3.05) is 39.8 Å². The SMILES string of the molecule is CCCN1CCN(C2=NC3C(C(=O)NC(=O)N3C)N2Cc2ccc(F)cc2)CC1. The number of hydrogen-bond donors (Lipinski definition) is 1. The molecule has 2 fully saturated rings. The Morgan fingerprint density at radius 3 is 2.48 bits per heavy atom. The highest BCUT2D eigenvalue weighted by atomic mass is 19.1. The number of urea groups is 1. The van der Waals surface area contributed by atoms with Crippen molar-refractivity contribution in [1.29, 1.82) is 0 Å². The van der Waals surface area contributed by atoms with E-state index in [1.54, 1.807) is 19.2 Å². The topological polar surface area (TPSA) is 71.5 Å². The molecule has 0 saturated carbocycles. The second kappa shape index (κ2) is 7.98. The van der Waals surface area contributed by atoms with Crippen LogP contribution in [-0.4, -0.2) is 89.5 Å². The van der Waals surface area contributed by atoms with Crippen LogP contribution in [0.15, 0.2) is 29.3 Å². The maximum absolute atomic E-state index is 13.3. The summed E-state index contributed by atoms with van der Waals surface area (Å²) in [4.78, 5) is 37.6. The number of nitrogens with zero attached hydrogens (tertiary/aromatic N) is 5. The van der Waals surface area contributed by atoms with Crippen LogP contribution in [0.2, 0.25) is 0 Å². The largest absolute Gasteiger partial charge is 0.340 e. The van der Waals surface area contributed by atoms with Crippen LogP contribution >= 0.6 is 0 Å². The molecule has 2 saturated heterocycles. The zero-order chi connectivity index (χ0) is 20.5. The molecule has 4 rings (SSSR count). The van der Waals surface area contributed by atoms with E-state index in [0.717, 1.165) is 50.7 Å². The van der Waals surface area contributed by atoms with Gasteiger partial charge in [-0.15, -0.1) is 0 Å². The van der Waals surface area contributed by atoms with Crippen LogP contribution in [-0.2, 0) is 11.3 Å². The lowest BCUT2D eigenvalue weighted by molar-refractivity contribution is -0.127. The molecular weight excluding hydrogens is 375 g/mol. The first-order chi connectivity index (χ1) is 14.0. The van der Waals surface area contributed by atoms with Crippen LogP contribution in [0.5, 0.6) is 0 Å². The van der Waals surface area contributed by atoms with Crippen LogP contribution < -0.4 is 5.32 Å². The fourth-order valence-corrected chi connectivity index (χ4v) is 4.22. The molecule has 0 bridgehead atoms. The highest BCUT2D eigenvalue weighted by Gasteiger charge is 2.49. The van der Waals surface area contributed by atoms with Gasteiger partial charge in [-0.2, -0.15) is 0 Å². The third kappa shape index (κ3) is 3.78. The third-order valence-electron chi connectivity index (χ3n) is 5.80. The Morgan fingerprint density at radius 1 is 1.14 bits per heavy atom. The number of amides is 3. The molecule has 9 heteroatoms. The molecule has 3 aliphatic heterocycles. The van der Waals surface area contributed by atoms with E-state index < -0.39 is 18.2 Å². The summed E-state index contributed by atoms with van der Waals surface area (Å²) in [6.07, 6.45) is 0.565. The lowest BCUT2D eigenvalue weighted by Gasteiger charge is -2.40. The van der Waals surface area contributed by atoms with Gasteiger partial charge in [-0.25, -0.2) is 14.2 Å². The van der Waals surface area contributed by atoms with Gasteiger partial charge in [-0.05, 0) is 30.7 Å². The molecule has 0 aromatic heterocycles. The zero-order valence-corrected chi connectivity index (χ0v) is 16.8. The molecule has 0 radical (unpaired) electrons. The molecule has 2 unspecified atom stereocenters. The summed E-state index contributed by atoms with van der Waals surface area (Å²) in [5, 5.41) is 2.42. The van der Waals surface area contributed by atoms with Crippen LogP contribution in [0, 0.1) is 5.82 Å². The highest BCUT2D eigenvalue weighted by molar-refractivity contribution is 6.03. The Hall–Kier alpha value is -2.68. The average Bonchev–Trinajstić information content (AvgIpc) is 3.09. The summed E-state index contributed by atoms with van der Waals surface area (Å²) in [5.41, 5.74) is 0.886. The van der Waals surface area contributed by atoms with Gasteiger partial charge in [0.05, 0.1) is 0 Å². The molecule has 29 heavy (non-hydrogen) atoms. The predicted molar refractivity (Wildman–Crippen MR) is 107 cm³/mol. The number of halogens is 1. The van der Waals surface area contributed by atoms with Crippen molar-refractivity contribution < 1.29 is 14.0 Å². The maximum atomic E-state index is 13.3. The van der Waals surface area contributed by atoms with Gasteiger partial charge in [-0.1, -0.05) is 19.1 Å². The van der Waals surface area contributed by atoms with Crippen molar-refractivity contribution in [3.8, 4) is 0 Å². The van der Waals surface area contributed by atoms with E-state index in [2.05, 4.69) is 22.0 Å². The Kier molecular flexibility index (Phi) is 5.40. The molecule has 8 nitrogen and oxygen atoms in total. The summed E-state index contributed by atoms with van der Waals surface area (Å²) in [6, 6.07) is 5.24. The Morgan fingerprint density at radius 2 is 1.83 bits per heavy atom. The number of carbonyl (C=O) groups is 2. The van der Waals surface area contributed by atoms with Crippen molar-refractivity contribution in [1.82, 2.24) is 24.9 Å². The van der Waals surface area contributed by atoms with Gasteiger partial charge in [0.25, 0.3) is 5.91 Å². The molecule has 2 atom stereocenters. The number of rotatable bonds is 4. The minimum absolute atomic E-state index is 0.297. The van der Waals surface area contributed by atoms with Gasteiger partial charge in [0.15, 0.2) is 18.2 Å². The van der Waals surface area contributed by atoms with Gasteiger partial charge in [0.2, 0.25) is 0 Å². The predicted octanol–water partition coefficient (Wildman–Crippen LogP) is 0.901. The minimum Gasteiger partial charge on any atom is -0.340 e. The number of fused-ring (bicyclic) bond motifs is 1. The van der Waals surface area contributed by atoms with Gasteiger partial charge in [0, 0.05) is 39.8 Å². The third-order valence-corrected chi connectivity index (χ3v) is 5.80. The van der Waals surface area contributed by atoms with Gasteiger partial charge < -0.3 is 14.7 Å². The average molecular weight is 402 g/mol. The van der Waals surface area contributed by atoms with Crippen LogP contribution in [0.1, 0.15) is 18.9 Å². The monoisotopic (exact) mass is 402 g/mol. The Bertz CT molecular complexity index is 806. The van der Waals surface area contributed by atoms with Crippen molar-refractivity contribution in [3.05, 3.63) is 35.6 Å². The van der Waals surface area contributed by atoms with Crippen LogP contribution in [0.25, 0.3) is 0 Å². The summed E-state index contributed by atoms with van der Waals surface area (Å²) in [6.45, 7) is 7.18. The van der Waals surface area contributed by atoms with Gasteiger partial charge in [0.1, 0.15) is 5.82 Å². The minimum atomic E-state index is -0.591. The van der Waals surface area contributed by atoms with E-state index in [0.29, 0.717) is 6.54 Å². The number of likely N-dealkylation sites (N-methyl/N-ethyl adjacent to an activating group) is 1. The quantitative estimate of drug-likeness (QED) is 0.810. The second-order valence-corrected chi connectivity index (χ2v) is 7.78. The van der Waals surface area contributed by atoms with Crippen LogP contribution in [0.3, 0.4) is 0 Å². The highest BCUT2D eigenvalue weighted by Crippen LogP contribution is 2.27. The second-order valence-electron chi connectivity index (χ2n) is 7.78. The summed E-state index contributed by atoms with van der Waals surface area (Å²) >= 11 is 0. The molecule has 1 N–H and O–H groups in total. The lowest BCUT2D eigenvalue weighted by Crippen LogP contribution is -2.64. The van der Waals surface area contributed by atoms with Crippen LogP contribution in [0.4, 0.5) is 9.18 Å². The summed E-state index contributed by atoms with van der Waals surface area (Å²) in [7, 11) is 1.65. The molecule has 0 aliphatic carbocycles. The van der Waals surface area contributed by atoms with Crippen molar-refractivity contribution in [2.45, 2.75) is 32.1 Å². The molecular formula is C20H27FN6O2. The zero-order valence-electron chi connectivity index (χ0n) is 16.8. The molecule has 3 heterocycles. The summed E-state index contributed by atoms with van der Waals surface area (Å²) < 4.78 is 13.3. The number of piperazine rings is 1. The fraction of sp³-hybridized carbons (Fsp3) is 0.550. The number of benzene rings is 1. The molecule has 1 aromatic rings. The first-order valence-electron chi connectivity index (χ1n) is 10.1. The first-order valence-corrected chi connectivity index (χ1v) is 10.1. The van der Waals surface area contributed by atoms with E-state index in [-0.39, 0.29) is 11.7 Å². The number of nitrogens with one attached hydrogen (secondary N) is 1. The molecule has 3 amide bonds. The van der Waals surface area contributed by atoms with E-state index >= 15 is 0 Å². The normalized spacial score (nSPS) is 25.2. The van der Waals surface area contributed by atoms with Crippen molar-refractivity contribution in [2.24, 2.45) is 4.99 Å². The van der Waals surface area contributed by atoms with Crippen molar-refractivity contribution in [3.63, 3.8) is 0 Å². The van der Waals surface area contributed by atoms with Gasteiger partial charge >= 0.3 is 6.03 Å². The number of hydrogen-bond acceptors (Lipinski definition) is 6. The standard InChI is InChI=1S/C20H27FN6O2/c1-3-8-25-9-11-26(12-10-25)19-22-17-16(18(28)23-20(29)24(17)2)27(19)13-14-4-6-15(21)7-5-14/h4-7,16-17H,3,8-13H2,1-2H3,(H,23,28,29). The fourth-order valence-electron chi connectivity index (χ4n) is 4.22. The summed E-state index contributed by atoms with van der Waals surface area (Å²) in [5.74, 6) is 0.0930. The Labute approximate surface area is 169 Å². The number of imide groups is 1. The van der Waals surface area contributed by atoms with Gasteiger partial charge in [-0.3, -0.25) is 15.0 Å². The van der Waals surface area contributed by atoms with E-state index in [4.69, 9.17) is 4.99 Å². The smallest absolute Gasteiger partial charge is 0.325 e. The Balaban J connectivity index is 1.60. The number of aliphatic imine (C=N–C) groups is 1. The van der Waals surface area contributed by atoms with E-state index in [9.17, 15) is 14.0 Å². The maximum Gasteiger partial charge on any atom is 0.325 e. The molecule has 3 aliphatic rings. The van der Waals surface area contributed by atoms with E-state index in [1.165, 1.54) is 17.0 Å². The molecule has 0 spiro atoms. The number of carbonyl (C=O) groups excluding carboxylic acids is 2. The lowest BCUT2D eigenvalue weighted by atomic mass is 10.1. The first kappa shape index (κ1) is 19.6. The molecule has 156 valence electrons. The van der Waals surface area contributed by atoms with E-state index in [1.807, 2.05) is 4.90 Å². The number of guanidine groups is 1. The van der Waals surface area contributed by atoms with Crippen molar-refractivity contribution >= 4 is 17.9 Å².